The molecule has 0 atom stereocenters. The van der Waals surface area contributed by atoms with Crippen molar-refractivity contribution in [2.45, 2.75) is 116 Å². The molecule has 0 radical (unpaired) electrons. The molecule has 218 valence electrons. The lowest BCUT2D eigenvalue weighted by Crippen LogP contribution is -2.12. The van der Waals surface area contributed by atoms with Crippen LogP contribution in [0.25, 0.3) is 0 Å². The molecule has 0 aliphatic heterocycles. The van der Waals surface area contributed by atoms with E-state index in [-0.39, 0.29) is 5.91 Å². The lowest BCUT2D eigenvalue weighted by molar-refractivity contribution is -0.137. The van der Waals surface area contributed by atoms with E-state index in [0.29, 0.717) is 60.3 Å². The summed E-state index contributed by atoms with van der Waals surface area (Å²) in [5, 5.41) is 11.5. The number of unbranched alkanes of at least 4 members (excludes halogenated alkanes) is 14. The standard InChI is InChI=1S/C28H47NO7S2/c30-27(29-25-19-15-16-20-26(25)36-23-17-18-24-37-38(33,34)35)21-13-11-9-7-5-3-1-2-4-6-8-10-12-14-22-28(31)32/h15-16,19-20H,1-14,17-18,21-24H2,(H,29,30)(H,31,32)(H,33,34,35). The van der Waals surface area contributed by atoms with Crippen molar-refractivity contribution in [1.82, 2.24) is 0 Å². The van der Waals surface area contributed by atoms with Crippen LogP contribution in [0.1, 0.15) is 116 Å². The number of benzene rings is 1. The predicted octanol–water partition coefficient (Wildman–Crippen LogP) is 7.65. The van der Waals surface area contributed by atoms with Gasteiger partial charge in [-0.2, -0.15) is 8.42 Å². The van der Waals surface area contributed by atoms with Crippen molar-refractivity contribution in [2.75, 3.05) is 17.7 Å². The van der Waals surface area contributed by atoms with Crippen LogP contribution in [0.2, 0.25) is 0 Å². The van der Waals surface area contributed by atoms with Crippen LogP contribution >= 0.6 is 10.8 Å². The Morgan fingerprint density at radius 2 is 1.24 bits per heavy atom. The monoisotopic (exact) mass is 573 g/mol. The summed E-state index contributed by atoms with van der Waals surface area (Å²) >= 11 is 0. The maximum atomic E-state index is 12.4. The molecule has 38 heavy (non-hydrogen) atoms. The number of amides is 1. The van der Waals surface area contributed by atoms with Gasteiger partial charge in [0.1, 0.15) is 5.75 Å². The summed E-state index contributed by atoms with van der Waals surface area (Å²) in [6.07, 6.45) is 18.1. The fraction of sp³-hybridized carbons (Fsp3) is 0.714. The molecule has 0 heterocycles. The first-order chi connectivity index (χ1) is 18.3. The second-order valence-corrected chi connectivity index (χ2v) is 13.2. The summed E-state index contributed by atoms with van der Waals surface area (Å²) in [4.78, 5) is 22.8. The Kier molecular flexibility index (Phi) is 19.9. The third-order valence-corrected chi connectivity index (χ3v) is 8.38. The Bertz CT molecular complexity index is 878. The molecule has 0 unspecified atom stereocenters. The molecule has 0 aliphatic carbocycles. The Morgan fingerprint density at radius 3 is 1.76 bits per heavy atom. The maximum Gasteiger partial charge on any atom is 0.319 e. The van der Waals surface area contributed by atoms with Crippen LogP contribution in [0.5, 0.6) is 5.75 Å². The van der Waals surface area contributed by atoms with Crippen molar-refractivity contribution in [2.24, 2.45) is 0 Å². The smallest absolute Gasteiger partial charge is 0.319 e. The molecule has 1 aromatic rings. The average Bonchev–Trinajstić information content (AvgIpc) is 2.86. The van der Waals surface area contributed by atoms with E-state index in [4.69, 9.17) is 14.4 Å². The molecule has 0 aliphatic rings. The summed E-state index contributed by atoms with van der Waals surface area (Å²) < 4.78 is 35.9. The van der Waals surface area contributed by atoms with Gasteiger partial charge in [-0.05, 0) is 48.6 Å². The molecule has 0 saturated heterocycles. The van der Waals surface area contributed by atoms with Gasteiger partial charge in [0.2, 0.25) is 5.91 Å². The molecule has 1 rings (SSSR count). The lowest BCUT2D eigenvalue weighted by Gasteiger charge is -2.12. The predicted molar refractivity (Wildman–Crippen MR) is 155 cm³/mol. The van der Waals surface area contributed by atoms with E-state index in [9.17, 15) is 18.0 Å². The number of anilines is 1. The van der Waals surface area contributed by atoms with E-state index in [1.165, 1.54) is 51.4 Å². The third-order valence-electron chi connectivity index (χ3n) is 6.23. The molecule has 0 bridgehead atoms. The number of nitrogens with one attached hydrogen (secondary N) is 1. The van der Waals surface area contributed by atoms with Crippen LogP contribution in [-0.4, -0.2) is 42.3 Å². The average molecular weight is 574 g/mol. The number of carbonyl (C=O) groups is 2. The SMILES string of the molecule is O=C(O)CCCCCCCCCCCCCCCCC(=O)Nc1ccccc1OCCCCSS(=O)(=O)O. The molecule has 1 amide bonds. The first-order valence-electron chi connectivity index (χ1n) is 14.1. The second-order valence-electron chi connectivity index (χ2n) is 9.69. The first-order valence-corrected chi connectivity index (χ1v) is 17.1. The van der Waals surface area contributed by atoms with Crippen LogP contribution in [-0.2, 0) is 18.7 Å². The minimum atomic E-state index is -3.99. The van der Waals surface area contributed by atoms with Gasteiger partial charge in [-0.3, -0.25) is 14.1 Å². The van der Waals surface area contributed by atoms with Gasteiger partial charge in [-0.25, -0.2) is 0 Å². The fourth-order valence-corrected chi connectivity index (χ4v) is 5.66. The highest BCUT2D eigenvalue weighted by Gasteiger charge is 2.08. The number of para-hydroxylation sites is 2. The van der Waals surface area contributed by atoms with E-state index in [0.717, 1.165) is 38.5 Å². The van der Waals surface area contributed by atoms with Gasteiger partial charge in [0.15, 0.2) is 0 Å². The normalized spacial score (nSPS) is 11.4. The van der Waals surface area contributed by atoms with Crippen molar-refractivity contribution in [1.29, 1.82) is 0 Å². The van der Waals surface area contributed by atoms with Gasteiger partial charge in [-0.1, -0.05) is 89.2 Å². The lowest BCUT2D eigenvalue weighted by atomic mass is 10.0. The van der Waals surface area contributed by atoms with E-state index in [1.807, 2.05) is 18.2 Å². The zero-order valence-electron chi connectivity index (χ0n) is 22.7. The Labute approximate surface area is 232 Å². The van der Waals surface area contributed by atoms with E-state index < -0.39 is 15.1 Å². The number of ether oxygens (including phenoxy) is 1. The third kappa shape index (κ3) is 21.2. The summed E-state index contributed by atoms with van der Waals surface area (Å²) in [7, 11) is -3.48. The van der Waals surface area contributed by atoms with Gasteiger partial charge >= 0.3 is 15.1 Å². The fourth-order valence-electron chi connectivity index (χ4n) is 4.14. The van der Waals surface area contributed by atoms with E-state index >= 15 is 0 Å². The van der Waals surface area contributed by atoms with Gasteiger partial charge in [0.05, 0.1) is 12.3 Å². The molecule has 0 fully saturated rings. The van der Waals surface area contributed by atoms with Crippen molar-refractivity contribution >= 4 is 37.5 Å². The van der Waals surface area contributed by atoms with Crippen molar-refractivity contribution in [3.8, 4) is 5.75 Å². The van der Waals surface area contributed by atoms with Crippen LogP contribution in [0.15, 0.2) is 24.3 Å². The zero-order chi connectivity index (χ0) is 27.9. The van der Waals surface area contributed by atoms with Crippen LogP contribution < -0.4 is 10.1 Å². The topological polar surface area (TPSA) is 130 Å². The molecule has 1 aromatic carbocycles. The Morgan fingerprint density at radius 1 is 0.737 bits per heavy atom. The summed E-state index contributed by atoms with van der Waals surface area (Å²) in [6, 6.07) is 7.29. The number of carbonyl (C=O) groups excluding carboxylic acids is 1. The highest BCUT2D eigenvalue weighted by molar-refractivity contribution is 8.69. The summed E-state index contributed by atoms with van der Waals surface area (Å²) in [6.45, 7) is 0.398. The quantitative estimate of drug-likeness (QED) is 0.0618. The maximum absolute atomic E-state index is 12.4. The largest absolute Gasteiger partial charge is 0.491 e. The highest BCUT2D eigenvalue weighted by Crippen LogP contribution is 2.24. The molecule has 0 saturated carbocycles. The van der Waals surface area contributed by atoms with Gasteiger partial charge in [-0.15, -0.1) is 0 Å². The minimum absolute atomic E-state index is 0.0208. The first kappa shape index (κ1) is 34.2. The van der Waals surface area contributed by atoms with E-state index in [2.05, 4.69) is 5.32 Å². The van der Waals surface area contributed by atoms with Crippen molar-refractivity contribution in [3.63, 3.8) is 0 Å². The van der Waals surface area contributed by atoms with Crippen LogP contribution in [0, 0.1) is 0 Å². The van der Waals surface area contributed by atoms with Gasteiger partial charge < -0.3 is 15.2 Å². The molecular formula is C28H47NO7S2. The zero-order valence-corrected chi connectivity index (χ0v) is 24.3. The Hall–Kier alpha value is -1.78. The number of hydrogen-bond acceptors (Lipinski definition) is 6. The number of rotatable bonds is 25. The number of carboxylic acids is 1. The molecule has 0 spiro atoms. The van der Waals surface area contributed by atoms with Crippen LogP contribution in [0.3, 0.4) is 0 Å². The summed E-state index contributed by atoms with van der Waals surface area (Å²) in [5.41, 5.74) is 0.642. The van der Waals surface area contributed by atoms with Crippen molar-refractivity contribution in [3.05, 3.63) is 24.3 Å². The highest BCUT2D eigenvalue weighted by atomic mass is 33.1. The van der Waals surface area contributed by atoms with Crippen molar-refractivity contribution < 1.29 is 32.4 Å². The number of aliphatic carboxylic acids is 1. The molecular weight excluding hydrogens is 526 g/mol. The van der Waals surface area contributed by atoms with Crippen LogP contribution in [0.4, 0.5) is 5.69 Å². The molecule has 0 aromatic heterocycles. The second kappa shape index (κ2) is 22.1. The molecule has 3 N–H and O–H groups in total. The van der Waals surface area contributed by atoms with Gasteiger partial charge in [0, 0.05) is 18.6 Å². The molecule has 8 nitrogen and oxygen atoms in total. The minimum Gasteiger partial charge on any atom is -0.491 e. The summed E-state index contributed by atoms with van der Waals surface area (Å²) in [5.74, 6) is 0.190. The number of carboxylic acid groups (broad SMARTS) is 1. The van der Waals surface area contributed by atoms with Gasteiger partial charge in [0.25, 0.3) is 0 Å². The number of hydrogen-bond donors (Lipinski definition) is 3. The molecule has 10 heteroatoms. The Balaban J connectivity index is 2.00. The van der Waals surface area contributed by atoms with E-state index in [1.54, 1.807) is 6.07 Å².